The van der Waals surface area contributed by atoms with Gasteiger partial charge in [0, 0.05) is 0 Å². The molecule has 0 aromatic heterocycles. The highest BCUT2D eigenvalue weighted by Gasteiger charge is 2.61. The summed E-state index contributed by atoms with van der Waals surface area (Å²) >= 11 is 0. The van der Waals surface area contributed by atoms with E-state index in [-0.39, 0.29) is 5.41 Å². The minimum absolute atomic E-state index is 0.170. The number of rotatable bonds is 12. The Kier molecular flexibility index (Phi) is 10.5. The molecule has 0 aromatic rings. The molecule has 0 saturated heterocycles. The lowest BCUT2D eigenvalue weighted by Gasteiger charge is -2.61. The number of hydrogen-bond acceptors (Lipinski definition) is 8. The number of fused-ring (bicyclic) bond motifs is 5. The lowest BCUT2D eigenvalue weighted by molar-refractivity contribution is -0.147. The van der Waals surface area contributed by atoms with Crippen LogP contribution >= 0.6 is 7.82 Å². The fraction of sp³-hybridized carbons (Fsp3) is 0.914. The summed E-state index contributed by atoms with van der Waals surface area (Å²) in [5.74, 6) is 2.87. The second-order valence-electron chi connectivity index (χ2n) is 16.2. The molecule has 4 aliphatic carbocycles. The third kappa shape index (κ3) is 6.64. The molecule has 1 aliphatic heterocycles. The van der Waals surface area contributed by atoms with Gasteiger partial charge in [-0.1, -0.05) is 54.4 Å². The SMILES string of the molecule is CCC(CC[C@@H](C)[C@H]1CC[C@H]2[C@@H]3CC[C@H]4C[C@@H](OP(=O)(O)OC5=C(O)C(C(O)CO)OC5=O)CC[C@]4(C)[C@H]3CC[C@]12C)C(C)C. The van der Waals surface area contributed by atoms with Crippen LogP contribution in [0.4, 0.5) is 0 Å². The predicted molar refractivity (Wildman–Crippen MR) is 171 cm³/mol. The van der Waals surface area contributed by atoms with Gasteiger partial charge in [-0.25, -0.2) is 9.36 Å². The highest BCUT2D eigenvalue weighted by molar-refractivity contribution is 7.47. The average molecular weight is 655 g/mol. The fourth-order valence-corrected chi connectivity index (χ4v) is 12.2. The van der Waals surface area contributed by atoms with E-state index >= 15 is 0 Å². The summed E-state index contributed by atoms with van der Waals surface area (Å²) in [6.07, 6.45) is 10.1. The lowest BCUT2D eigenvalue weighted by atomic mass is 9.44. The Morgan fingerprint density at radius 3 is 2.36 bits per heavy atom. The largest absolute Gasteiger partial charge is 0.528 e. The number of hydrogen-bond donors (Lipinski definition) is 4. The minimum Gasteiger partial charge on any atom is -0.505 e. The van der Waals surface area contributed by atoms with Crippen LogP contribution in [0, 0.1) is 58.2 Å². The monoisotopic (exact) mass is 654 g/mol. The van der Waals surface area contributed by atoms with Gasteiger partial charge in [0.25, 0.3) is 5.76 Å². The molecule has 9 nitrogen and oxygen atoms in total. The van der Waals surface area contributed by atoms with E-state index in [0.717, 1.165) is 48.3 Å². The third-order valence-corrected chi connectivity index (χ3v) is 14.8. The Morgan fingerprint density at radius 2 is 1.69 bits per heavy atom. The molecule has 258 valence electrons. The molecule has 4 fully saturated rings. The molecule has 13 atom stereocenters. The van der Waals surface area contributed by atoms with Gasteiger partial charge in [-0.3, -0.25) is 9.42 Å². The summed E-state index contributed by atoms with van der Waals surface area (Å²) in [5.41, 5.74) is 0.599. The van der Waals surface area contributed by atoms with Crippen LogP contribution in [0.5, 0.6) is 0 Å². The topological polar surface area (TPSA) is 143 Å². The van der Waals surface area contributed by atoms with Crippen molar-refractivity contribution in [1.29, 1.82) is 0 Å². The smallest absolute Gasteiger partial charge is 0.505 e. The van der Waals surface area contributed by atoms with Crippen molar-refractivity contribution in [2.45, 2.75) is 137 Å². The van der Waals surface area contributed by atoms with Crippen LogP contribution in [0.25, 0.3) is 0 Å². The first-order valence-corrected chi connectivity index (χ1v) is 19.3. The number of ether oxygens (including phenoxy) is 1. The van der Waals surface area contributed by atoms with Crippen LogP contribution in [0.2, 0.25) is 0 Å². The lowest BCUT2D eigenvalue weighted by Crippen LogP contribution is -2.54. The maximum absolute atomic E-state index is 13.0. The third-order valence-electron chi connectivity index (χ3n) is 13.8. The Morgan fingerprint density at radius 1 is 1.00 bits per heavy atom. The fourth-order valence-electron chi connectivity index (χ4n) is 11.2. The first-order chi connectivity index (χ1) is 21.1. The number of cyclic esters (lactones) is 1. The standard InChI is InChI=1S/C35H59O9P/c1-7-22(20(2)3)9-8-21(4)26-12-13-27-25-11-10-23-18-24(14-16-34(23,5)28(25)15-17-35(26,27)6)43-45(40,41)44-32-30(38)31(29(37)19-36)42-33(32)39/h20-29,31,36-38H,7-19H2,1-6H3,(H,40,41)/t21-,22?,23+,24+,25+,26-,27+,28+,29?,31?,34+,35-/m1/s1. The van der Waals surface area contributed by atoms with Gasteiger partial charge in [-0.05, 0) is 122 Å². The Bertz CT molecular complexity index is 1160. The summed E-state index contributed by atoms with van der Waals surface area (Å²) < 4.78 is 28.4. The maximum Gasteiger partial charge on any atom is 0.528 e. The van der Waals surface area contributed by atoms with Gasteiger partial charge in [-0.2, -0.15) is 0 Å². The molecule has 4 unspecified atom stereocenters. The van der Waals surface area contributed by atoms with Crippen molar-refractivity contribution < 1.29 is 43.4 Å². The quantitative estimate of drug-likeness (QED) is 0.126. The van der Waals surface area contributed by atoms with E-state index in [2.05, 4.69) is 41.5 Å². The normalized spacial score (nSPS) is 41.5. The molecule has 0 bridgehead atoms. The van der Waals surface area contributed by atoms with Crippen LogP contribution in [0.1, 0.15) is 119 Å². The Hall–Kier alpha value is -1.12. The Balaban J connectivity index is 1.20. The zero-order chi connectivity index (χ0) is 32.9. The molecule has 45 heavy (non-hydrogen) atoms. The van der Waals surface area contributed by atoms with E-state index in [1.54, 1.807) is 0 Å². The number of carbonyl (C=O) groups excluding carboxylic acids is 1. The van der Waals surface area contributed by atoms with Crippen molar-refractivity contribution in [3.8, 4) is 0 Å². The van der Waals surface area contributed by atoms with Gasteiger partial charge in [0.1, 0.15) is 6.10 Å². The molecular formula is C35H59O9P. The zero-order valence-electron chi connectivity index (χ0n) is 28.3. The van der Waals surface area contributed by atoms with Gasteiger partial charge >= 0.3 is 13.8 Å². The number of esters is 1. The number of aliphatic hydroxyl groups excluding tert-OH is 3. The van der Waals surface area contributed by atoms with Crippen molar-refractivity contribution in [3.05, 3.63) is 11.5 Å². The van der Waals surface area contributed by atoms with Gasteiger partial charge in [0.05, 0.1) is 12.7 Å². The number of aliphatic hydroxyl groups is 3. The number of phosphoric acid groups is 1. The molecule has 4 saturated carbocycles. The van der Waals surface area contributed by atoms with E-state index in [0.29, 0.717) is 30.1 Å². The summed E-state index contributed by atoms with van der Waals surface area (Å²) in [6.45, 7) is 13.9. The second-order valence-corrected chi connectivity index (χ2v) is 17.5. The summed E-state index contributed by atoms with van der Waals surface area (Å²) in [5, 5.41) is 29.1. The van der Waals surface area contributed by atoms with Crippen molar-refractivity contribution in [1.82, 2.24) is 0 Å². The van der Waals surface area contributed by atoms with Crippen molar-refractivity contribution >= 4 is 13.8 Å². The molecule has 0 radical (unpaired) electrons. The molecule has 0 amide bonds. The van der Waals surface area contributed by atoms with Crippen LogP contribution in [-0.2, 0) is 23.1 Å². The van der Waals surface area contributed by atoms with Crippen molar-refractivity contribution in [2.24, 2.45) is 58.2 Å². The van der Waals surface area contributed by atoms with Crippen LogP contribution in [-0.4, -0.2) is 51.1 Å². The number of carbonyl (C=O) groups is 1. The van der Waals surface area contributed by atoms with Crippen molar-refractivity contribution in [2.75, 3.05) is 6.61 Å². The molecule has 5 rings (SSSR count). The Labute approximate surface area is 270 Å². The maximum atomic E-state index is 13.0. The van der Waals surface area contributed by atoms with Crippen LogP contribution in [0.15, 0.2) is 11.5 Å². The van der Waals surface area contributed by atoms with Gasteiger partial charge in [0.15, 0.2) is 11.9 Å². The van der Waals surface area contributed by atoms with E-state index in [9.17, 15) is 24.5 Å². The first kappa shape index (κ1) is 35.2. The van der Waals surface area contributed by atoms with E-state index < -0.39 is 50.2 Å². The first-order valence-electron chi connectivity index (χ1n) is 17.8. The van der Waals surface area contributed by atoms with E-state index in [4.69, 9.17) is 18.9 Å². The zero-order valence-corrected chi connectivity index (χ0v) is 29.2. The molecular weight excluding hydrogens is 595 g/mol. The molecule has 1 heterocycles. The van der Waals surface area contributed by atoms with Gasteiger partial charge in [0.2, 0.25) is 0 Å². The van der Waals surface area contributed by atoms with E-state index in [1.807, 2.05) is 0 Å². The summed E-state index contributed by atoms with van der Waals surface area (Å²) in [4.78, 5) is 22.7. The molecule has 10 heteroatoms. The van der Waals surface area contributed by atoms with Gasteiger partial charge < -0.3 is 24.6 Å². The summed E-state index contributed by atoms with van der Waals surface area (Å²) in [7, 11) is -4.77. The molecule has 0 spiro atoms. The summed E-state index contributed by atoms with van der Waals surface area (Å²) in [6, 6.07) is 0. The van der Waals surface area contributed by atoms with Crippen LogP contribution < -0.4 is 0 Å². The highest BCUT2D eigenvalue weighted by atomic mass is 31.2. The second kappa shape index (κ2) is 13.4. The minimum atomic E-state index is -4.77. The number of phosphoric ester groups is 1. The highest BCUT2D eigenvalue weighted by Crippen LogP contribution is 2.69. The molecule has 5 aliphatic rings. The van der Waals surface area contributed by atoms with E-state index in [1.165, 1.54) is 51.4 Å². The molecule has 4 N–H and O–H groups in total. The van der Waals surface area contributed by atoms with Gasteiger partial charge in [-0.15, -0.1) is 0 Å². The molecule has 0 aromatic carbocycles. The van der Waals surface area contributed by atoms with Crippen molar-refractivity contribution in [3.63, 3.8) is 0 Å². The van der Waals surface area contributed by atoms with Crippen LogP contribution in [0.3, 0.4) is 0 Å². The average Bonchev–Trinajstić information content (AvgIpc) is 3.48. The predicted octanol–water partition coefficient (Wildman–Crippen LogP) is 7.29.